The molecule has 0 radical (unpaired) electrons. The molecule has 0 aliphatic heterocycles. The van der Waals surface area contributed by atoms with Crippen LogP contribution in [0.25, 0.3) is 0 Å². The number of carboxylic acid groups (broad SMARTS) is 1. The SMILES string of the molecule is O=C(O)C[C@H](NS(=O)(=O)c1cccs1)C1CC1. The van der Waals surface area contributed by atoms with Crippen LogP contribution in [0.15, 0.2) is 21.7 Å². The number of aliphatic carboxylic acids is 1. The maximum Gasteiger partial charge on any atom is 0.304 e. The Hall–Kier alpha value is -0.920. The summed E-state index contributed by atoms with van der Waals surface area (Å²) in [5.41, 5.74) is 0. The van der Waals surface area contributed by atoms with E-state index in [1.54, 1.807) is 11.4 Å². The number of carboxylic acids is 1. The van der Waals surface area contributed by atoms with E-state index >= 15 is 0 Å². The summed E-state index contributed by atoms with van der Waals surface area (Å²) in [6, 6.07) is 2.68. The van der Waals surface area contributed by atoms with Crippen LogP contribution in [0.4, 0.5) is 0 Å². The molecule has 0 unspecified atom stereocenters. The molecule has 2 N–H and O–H groups in total. The van der Waals surface area contributed by atoms with E-state index in [1.165, 1.54) is 6.07 Å². The van der Waals surface area contributed by atoms with Crippen molar-refractivity contribution in [2.24, 2.45) is 5.92 Å². The van der Waals surface area contributed by atoms with Gasteiger partial charge in [0.15, 0.2) is 0 Å². The molecule has 1 fully saturated rings. The summed E-state index contributed by atoms with van der Waals surface area (Å²) in [5.74, 6) is -0.809. The van der Waals surface area contributed by atoms with Gasteiger partial charge in [0.2, 0.25) is 10.0 Å². The Labute approximate surface area is 104 Å². The van der Waals surface area contributed by atoms with Gasteiger partial charge in [0.05, 0.1) is 6.42 Å². The molecule has 17 heavy (non-hydrogen) atoms. The molecule has 0 spiro atoms. The van der Waals surface area contributed by atoms with Gasteiger partial charge in [-0.1, -0.05) is 6.07 Å². The number of hydrogen-bond donors (Lipinski definition) is 2. The fraction of sp³-hybridized carbons (Fsp3) is 0.500. The van der Waals surface area contributed by atoms with E-state index < -0.39 is 22.0 Å². The van der Waals surface area contributed by atoms with Gasteiger partial charge in [-0.15, -0.1) is 11.3 Å². The van der Waals surface area contributed by atoms with Crippen molar-refractivity contribution in [2.45, 2.75) is 29.5 Å². The summed E-state index contributed by atoms with van der Waals surface area (Å²) >= 11 is 1.12. The molecule has 0 aromatic carbocycles. The third-order valence-electron chi connectivity index (χ3n) is 2.65. The first-order valence-corrected chi connectivity index (χ1v) is 7.63. The summed E-state index contributed by atoms with van der Waals surface area (Å²) in [7, 11) is -3.56. The molecule has 1 saturated carbocycles. The highest BCUT2D eigenvalue weighted by atomic mass is 32.2. The van der Waals surface area contributed by atoms with Crippen molar-refractivity contribution in [1.29, 1.82) is 0 Å². The quantitative estimate of drug-likeness (QED) is 0.819. The Morgan fingerprint density at radius 3 is 2.76 bits per heavy atom. The van der Waals surface area contributed by atoms with Crippen molar-refractivity contribution >= 4 is 27.3 Å². The van der Waals surface area contributed by atoms with Gasteiger partial charge in [0.25, 0.3) is 0 Å². The first-order valence-electron chi connectivity index (χ1n) is 5.26. The zero-order chi connectivity index (χ0) is 12.5. The fourth-order valence-corrected chi connectivity index (χ4v) is 3.98. The third kappa shape index (κ3) is 3.27. The van der Waals surface area contributed by atoms with Crippen LogP contribution in [0, 0.1) is 5.92 Å². The average molecular weight is 275 g/mol. The molecule has 2 rings (SSSR count). The molecule has 1 aromatic rings. The first kappa shape index (κ1) is 12.5. The van der Waals surface area contributed by atoms with Gasteiger partial charge in [-0.25, -0.2) is 13.1 Å². The Balaban J connectivity index is 2.09. The summed E-state index contributed by atoms with van der Waals surface area (Å²) in [4.78, 5) is 10.7. The van der Waals surface area contributed by atoms with E-state index in [0.29, 0.717) is 0 Å². The van der Waals surface area contributed by atoms with Gasteiger partial charge in [-0.05, 0) is 30.2 Å². The molecule has 0 saturated heterocycles. The van der Waals surface area contributed by atoms with Crippen molar-refractivity contribution < 1.29 is 18.3 Å². The zero-order valence-corrected chi connectivity index (χ0v) is 10.6. The van der Waals surface area contributed by atoms with Crippen molar-refractivity contribution in [3.05, 3.63) is 17.5 Å². The predicted octanol–water partition coefficient (Wildman–Crippen LogP) is 1.28. The van der Waals surface area contributed by atoms with E-state index in [4.69, 9.17) is 5.11 Å². The molecule has 7 heteroatoms. The molecule has 0 bridgehead atoms. The number of hydrogen-bond acceptors (Lipinski definition) is 4. The van der Waals surface area contributed by atoms with Gasteiger partial charge in [0.1, 0.15) is 4.21 Å². The van der Waals surface area contributed by atoms with E-state index in [1.807, 2.05) is 0 Å². The molecular weight excluding hydrogens is 262 g/mol. The van der Waals surface area contributed by atoms with Crippen LogP contribution in [0.3, 0.4) is 0 Å². The molecule has 1 heterocycles. The molecule has 1 aliphatic rings. The van der Waals surface area contributed by atoms with Gasteiger partial charge in [0, 0.05) is 6.04 Å². The summed E-state index contributed by atoms with van der Waals surface area (Å²) in [6.45, 7) is 0. The number of sulfonamides is 1. The van der Waals surface area contributed by atoms with Crippen molar-refractivity contribution in [2.75, 3.05) is 0 Å². The minimum Gasteiger partial charge on any atom is -0.481 e. The van der Waals surface area contributed by atoms with E-state index in [9.17, 15) is 13.2 Å². The van der Waals surface area contributed by atoms with Crippen LogP contribution in [-0.2, 0) is 14.8 Å². The highest BCUT2D eigenvalue weighted by molar-refractivity contribution is 7.91. The monoisotopic (exact) mass is 275 g/mol. The van der Waals surface area contributed by atoms with Crippen molar-refractivity contribution in [1.82, 2.24) is 4.72 Å². The van der Waals surface area contributed by atoms with Crippen LogP contribution in [0.1, 0.15) is 19.3 Å². The highest BCUT2D eigenvalue weighted by Crippen LogP contribution is 2.35. The van der Waals surface area contributed by atoms with E-state index in [0.717, 1.165) is 24.2 Å². The summed E-state index contributed by atoms with van der Waals surface area (Å²) in [6.07, 6.45) is 1.63. The lowest BCUT2D eigenvalue weighted by molar-refractivity contribution is -0.137. The second-order valence-electron chi connectivity index (χ2n) is 4.10. The standard InChI is InChI=1S/C10H13NO4S2/c12-9(13)6-8(7-3-4-7)11-17(14,15)10-2-1-5-16-10/h1-2,5,7-8,11H,3-4,6H2,(H,12,13)/t8-/m0/s1. The predicted molar refractivity (Wildman–Crippen MR) is 63.4 cm³/mol. The van der Waals surface area contributed by atoms with Gasteiger partial charge < -0.3 is 5.11 Å². The van der Waals surface area contributed by atoms with E-state index in [2.05, 4.69) is 4.72 Å². The van der Waals surface area contributed by atoms with Crippen molar-refractivity contribution in [3.8, 4) is 0 Å². The highest BCUT2D eigenvalue weighted by Gasteiger charge is 2.35. The van der Waals surface area contributed by atoms with Gasteiger partial charge in [-0.3, -0.25) is 4.79 Å². The lowest BCUT2D eigenvalue weighted by Gasteiger charge is -2.15. The van der Waals surface area contributed by atoms with Crippen LogP contribution < -0.4 is 4.72 Å². The second kappa shape index (κ2) is 4.75. The minimum absolute atomic E-state index is 0.157. The van der Waals surface area contributed by atoms with Crippen LogP contribution in [-0.4, -0.2) is 25.5 Å². The fourth-order valence-electron chi connectivity index (χ4n) is 1.67. The molecule has 94 valence electrons. The Morgan fingerprint density at radius 2 is 2.29 bits per heavy atom. The third-order valence-corrected chi connectivity index (χ3v) is 5.54. The van der Waals surface area contributed by atoms with Crippen LogP contribution in [0.2, 0.25) is 0 Å². The summed E-state index contributed by atoms with van der Waals surface area (Å²) < 4.78 is 26.6. The maximum absolute atomic E-state index is 11.9. The van der Waals surface area contributed by atoms with E-state index in [-0.39, 0.29) is 16.5 Å². The normalized spacial score (nSPS) is 17.9. The number of carbonyl (C=O) groups is 1. The topological polar surface area (TPSA) is 83.5 Å². The number of thiophene rings is 1. The van der Waals surface area contributed by atoms with Crippen molar-refractivity contribution in [3.63, 3.8) is 0 Å². The van der Waals surface area contributed by atoms with Gasteiger partial charge >= 0.3 is 5.97 Å². The molecule has 5 nitrogen and oxygen atoms in total. The van der Waals surface area contributed by atoms with Crippen LogP contribution in [0.5, 0.6) is 0 Å². The van der Waals surface area contributed by atoms with Gasteiger partial charge in [-0.2, -0.15) is 0 Å². The number of rotatable bonds is 6. The molecule has 1 aliphatic carbocycles. The largest absolute Gasteiger partial charge is 0.481 e. The average Bonchev–Trinajstić information content (AvgIpc) is 2.90. The number of nitrogens with one attached hydrogen (secondary N) is 1. The molecule has 0 amide bonds. The minimum atomic E-state index is -3.56. The maximum atomic E-state index is 11.9. The molecular formula is C10H13NO4S2. The zero-order valence-electron chi connectivity index (χ0n) is 9.00. The second-order valence-corrected chi connectivity index (χ2v) is 6.98. The smallest absolute Gasteiger partial charge is 0.304 e. The lowest BCUT2D eigenvalue weighted by atomic mass is 10.1. The Kier molecular flexibility index (Phi) is 3.50. The molecule has 1 atom stereocenters. The first-order chi connectivity index (χ1) is 7.99. The lowest BCUT2D eigenvalue weighted by Crippen LogP contribution is -2.37. The summed E-state index contributed by atoms with van der Waals surface area (Å²) in [5, 5.41) is 10.4. The molecule has 1 aromatic heterocycles. The Bertz CT molecular complexity index is 490. The Morgan fingerprint density at radius 1 is 1.59 bits per heavy atom. The van der Waals surface area contributed by atoms with Crippen LogP contribution >= 0.6 is 11.3 Å².